The molecule has 1 aromatic heterocycles. The van der Waals surface area contributed by atoms with Gasteiger partial charge in [-0.1, -0.05) is 5.92 Å². The molecular formula is C12H19N5S. The van der Waals surface area contributed by atoms with E-state index < -0.39 is 0 Å². The number of nitrogens with one attached hydrogen (secondary N) is 2. The predicted octanol–water partition coefficient (Wildman–Crippen LogP) is 0.897. The van der Waals surface area contributed by atoms with Crippen LogP contribution in [0.1, 0.15) is 12.6 Å². The lowest BCUT2D eigenvalue weighted by molar-refractivity contribution is 0.859. The van der Waals surface area contributed by atoms with Crippen LogP contribution in [-0.4, -0.2) is 38.1 Å². The highest BCUT2D eigenvalue weighted by molar-refractivity contribution is 7.13. The van der Waals surface area contributed by atoms with Gasteiger partial charge in [-0.3, -0.25) is 0 Å². The Kier molecular flexibility index (Phi) is 6.01. The van der Waals surface area contributed by atoms with Crippen LogP contribution in [-0.2, 0) is 6.54 Å². The number of rotatable bonds is 5. The number of hydrogen-bond acceptors (Lipinski definition) is 4. The van der Waals surface area contributed by atoms with Crippen molar-refractivity contribution in [3.05, 3.63) is 11.1 Å². The quantitative estimate of drug-likeness (QED) is 0.472. The standard InChI is InChI=1S/C12H19N5S/c1-5-7-14-11(13-6-2)15-8-10-9-18-12(16-10)17(3)4/h1,9H,6-8H2,2-4H3,(H2,13,14,15). The van der Waals surface area contributed by atoms with E-state index >= 15 is 0 Å². The van der Waals surface area contributed by atoms with Crippen molar-refractivity contribution in [2.24, 2.45) is 4.99 Å². The molecule has 0 aromatic carbocycles. The first-order valence-electron chi connectivity index (χ1n) is 5.74. The molecule has 98 valence electrons. The first-order chi connectivity index (χ1) is 8.67. The highest BCUT2D eigenvalue weighted by Gasteiger charge is 2.03. The van der Waals surface area contributed by atoms with Crippen molar-refractivity contribution in [2.75, 3.05) is 32.1 Å². The van der Waals surface area contributed by atoms with E-state index in [1.807, 2.05) is 31.3 Å². The maximum atomic E-state index is 5.21. The summed E-state index contributed by atoms with van der Waals surface area (Å²) in [5, 5.41) is 9.17. The molecule has 0 amide bonds. The van der Waals surface area contributed by atoms with E-state index in [9.17, 15) is 0 Å². The van der Waals surface area contributed by atoms with E-state index in [0.29, 0.717) is 13.1 Å². The Morgan fingerprint density at radius 2 is 2.33 bits per heavy atom. The van der Waals surface area contributed by atoms with Gasteiger partial charge >= 0.3 is 0 Å². The van der Waals surface area contributed by atoms with Gasteiger partial charge < -0.3 is 15.5 Å². The van der Waals surface area contributed by atoms with E-state index in [4.69, 9.17) is 6.42 Å². The Morgan fingerprint density at radius 3 is 2.89 bits per heavy atom. The van der Waals surface area contributed by atoms with Crippen molar-refractivity contribution in [1.82, 2.24) is 15.6 Å². The number of thiazole rings is 1. The summed E-state index contributed by atoms with van der Waals surface area (Å²) in [7, 11) is 3.95. The van der Waals surface area contributed by atoms with Crippen molar-refractivity contribution >= 4 is 22.4 Å². The summed E-state index contributed by atoms with van der Waals surface area (Å²) >= 11 is 1.61. The van der Waals surface area contributed by atoms with Crippen LogP contribution in [0.15, 0.2) is 10.4 Å². The van der Waals surface area contributed by atoms with Crippen molar-refractivity contribution in [3.8, 4) is 12.3 Å². The van der Waals surface area contributed by atoms with Gasteiger partial charge in [-0.15, -0.1) is 17.8 Å². The molecule has 6 heteroatoms. The summed E-state index contributed by atoms with van der Waals surface area (Å²) in [5.74, 6) is 3.24. The second kappa shape index (κ2) is 7.56. The van der Waals surface area contributed by atoms with E-state index in [-0.39, 0.29) is 0 Å². The van der Waals surface area contributed by atoms with Crippen molar-refractivity contribution in [2.45, 2.75) is 13.5 Å². The molecule has 2 N–H and O–H groups in total. The molecule has 5 nitrogen and oxygen atoms in total. The molecule has 1 rings (SSSR count). The first kappa shape index (κ1) is 14.3. The molecule has 0 radical (unpaired) electrons. The van der Waals surface area contributed by atoms with Crippen molar-refractivity contribution in [1.29, 1.82) is 0 Å². The lowest BCUT2D eigenvalue weighted by atomic mass is 10.5. The summed E-state index contributed by atoms with van der Waals surface area (Å²) < 4.78 is 0. The summed E-state index contributed by atoms with van der Waals surface area (Å²) in [6.45, 7) is 3.83. The maximum absolute atomic E-state index is 5.21. The summed E-state index contributed by atoms with van der Waals surface area (Å²) in [4.78, 5) is 10.9. The molecule has 0 bridgehead atoms. The molecular weight excluding hydrogens is 246 g/mol. The van der Waals surface area contributed by atoms with Crippen LogP contribution in [0, 0.1) is 12.3 Å². The number of aromatic nitrogens is 1. The Hall–Kier alpha value is -1.74. The zero-order valence-electron chi connectivity index (χ0n) is 11.0. The fourth-order valence-corrected chi connectivity index (χ4v) is 1.96. The summed E-state index contributed by atoms with van der Waals surface area (Å²) in [5.41, 5.74) is 0.960. The Balaban J connectivity index is 2.60. The minimum absolute atomic E-state index is 0.464. The molecule has 0 saturated carbocycles. The molecule has 18 heavy (non-hydrogen) atoms. The van der Waals surface area contributed by atoms with Gasteiger partial charge in [0.25, 0.3) is 0 Å². The molecule has 1 aromatic rings. The van der Waals surface area contributed by atoms with Gasteiger partial charge in [-0.25, -0.2) is 9.98 Å². The Bertz CT molecular complexity index is 430. The minimum Gasteiger partial charge on any atom is -0.357 e. The van der Waals surface area contributed by atoms with Crippen LogP contribution in [0.25, 0.3) is 0 Å². The number of guanidine groups is 1. The van der Waals surface area contributed by atoms with Gasteiger partial charge in [0.15, 0.2) is 11.1 Å². The van der Waals surface area contributed by atoms with Gasteiger partial charge in [-0.05, 0) is 6.92 Å². The van der Waals surface area contributed by atoms with Crippen molar-refractivity contribution < 1.29 is 0 Å². The Labute approximate surface area is 112 Å². The number of terminal acetylenes is 1. The molecule has 0 saturated heterocycles. The summed E-state index contributed by atoms with van der Waals surface area (Å²) in [6, 6.07) is 0. The Morgan fingerprint density at radius 1 is 1.56 bits per heavy atom. The van der Waals surface area contributed by atoms with Gasteiger partial charge in [0.1, 0.15) is 0 Å². The van der Waals surface area contributed by atoms with Crippen LogP contribution in [0.4, 0.5) is 5.13 Å². The number of aliphatic imine (C=N–C) groups is 1. The molecule has 0 aliphatic heterocycles. The molecule has 0 unspecified atom stereocenters. The van der Waals surface area contributed by atoms with Gasteiger partial charge in [0, 0.05) is 26.0 Å². The molecule has 0 aliphatic rings. The molecule has 0 aliphatic carbocycles. The molecule has 0 spiro atoms. The lowest BCUT2D eigenvalue weighted by Crippen LogP contribution is -2.37. The monoisotopic (exact) mass is 265 g/mol. The highest BCUT2D eigenvalue weighted by atomic mass is 32.1. The largest absolute Gasteiger partial charge is 0.357 e. The third-order valence-corrected chi connectivity index (χ3v) is 3.08. The third kappa shape index (κ3) is 4.63. The van der Waals surface area contributed by atoms with E-state index in [0.717, 1.165) is 23.3 Å². The molecule has 1 heterocycles. The minimum atomic E-state index is 0.464. The highest BCUT2D eigenvalue weighted by Crippen LogP contribution is 2.18. The SMILES string of the molecule is C#CCNC(=NCc1csc(N(C)C)n1)NCC. The number of anilines is 1. The average molecular weight is 265 g/mol. The van der Waals surface area contributed by atoms with E-state index in [2.05, 4.69) is 26.5 Å². The van der Waals surface area contributed by atoms with E-state index in [1.165, 1.54) is 0 Å². The van der Waals surface area contributed by atoms with E-state index in [1.54, 1.807) is 11.3 Å². The van der Waals surface area contributed by atoms with Gasteiger partial charge in [0.05, 0.1) is 18.8 Å². The van der Waals surface area contributed by atoms with Crippen LogP contribution in [0.3, 0.4) is 0 Å². The van der Waals surface area contributed by atoms with Crippen LogP contribution in [0.2, 0.25) is 0 Å². The normalized spacial score (nSPS) is 10.9. The van der Waals surface area contributed by atoms with Gasteiger partial charge in [0.2, 0.25) is 0 Å². The lowest BCUT2D eigenvalue weighted by Gasteiger charge is -2.08. The topological polar surface area (TPSA) is 52.6 Å². The van der Waals surface area contributed by atoms with Gasteiger partial charge in [-0.2, -0.15) is 0 Å². The smallest absolute Gasteiger partial charge is 0.192 e. The van der Waals surface area contributed by atoms with Crippen LogP contribution in [0.5, 0.6) is 0 Å². The fraction of sp³-hybridized carbons (Fsp3) is 0.500. The van der Waals surface area contributed by atoms with Crippen LogP contribution < -0.4 is 15.5 Å². The fourth-order valence-electron chi connectivity index (χ4n) is 1.21. The second-order valence-electron chi connectivity index (χ2n) is 3.77. The van der Waals surface area contributed by atoms with Crippen molar-refractivity contribution in [3.63, 3.8) is 0 Å². The first-order valence-corrected chi connectivity index (χ1v) is 6.62. The number of hydrogen-bond donors (Lipinski definition) is 2. The average Bonchev–Trinajstić information content (AvgIpc) is 2.81. The molecule has 0 fully saturated rings. The molecule has 0 atom stereocenters. The van der Waals surface area contributed by atoms with Crippen LogP contribution >= 0.6 is 11.3 Å². The second-order valence-corrected chi connectivity index (χ2v) is 4.61. The zero-order chi connectivity index (χ0) is 13.4. The zero-order valence-corrected chi connectivity index (χ0v) is 11.8. The summed E-state index contributed by atoms with van der Waals surface area (Å²) in [6.07, 6.45) is 5.21. The third-order valence-electron chi connectivity index (χ3n) is 2.02. The number of nitrogens with zero attached hydrogens (tertiary/aromatic N) is 3. The predicted molar refractivity (Wildman–Crippen MR) is 78.1 cm³/mol. The maximum Gasteiger partial charge on any atom is 0.192 e.